The van der Waals surface area contributed by atoms with Gasteiger partial charge in [0.05, 0.1) is 6.61 Å². The Morgan fingerprint density at radius 2 is 1.55 bits per heavy atom. The van der Waals surface area contributed by atoms with E-state index in [0.717, 1.165) is 11.1 Å². The highest BCUT2D eigenvalue weighted by Crippen LogP contribution is 2.17. The summed E-state index contributed by atoms with van der Waals surface area (Å²) in [6, 6.07) is 14.6. The highest BCUT2D eigenvalue weighted by atomic mass is 28.4. The SMILES string of the molecule is CO[Si](Cc1ccccc1)(OC)OCc1ccncc1. The van der Waals surface area contributed by atoms with Gasteiger partial charge in [0.15, 0.2) is 0 Å². The van der Waals surface area contributed by atoms with Gasteiger partial charge in [-0.05, 0) is 23.3 Å². The molecular formula is C15H19NO3Si. The van der Waals surface area contributed by atoms with Gasteiger partial charge in [0.2, 0.25) is 0 Å². The highest BCUT2D eigenvalue weighted by Gasteiger charge is 2.39. The van der Waals surface area contributed by atoms with Gasteiger partial charge in [-0.1, -0.05) is 30.3 Å². The second-order valence-electron chi connectivity index (χ2n) is 4.40. The molecule has 20 heavy (non-hydrogen) atoms. The van der Waals surface area contributed by atoms with Gasteiger partial charge in [-0.25, -0.2) is 0 Å². The van der Waals surface area contributed by atoms with Gasteiger partial charge in [-0.15, -0.1) is 0 Å². The molecule has 0 bridgehead atoms. The lowest BCUT2D eigenvalue weighted by Crippen LogP contribution is -2.46. The Bertz CT molecular complexity index is 503. The lowest BCUT2D eigenvalue weighted by Gasteiger charge is -2.26. The maximum absolute atomic E-state index is 5.98. The zero-order valence-electron chi connectivity index (χ0n) is 11.8. The summed E-state index contributed by atoms with van der Waals surface area (Å²) in [7, 11) is 0.601. The summed E-state index contributed by atoms with van der Waals surface area (Å²) < 4.78 is 17.2. The predicted molar refractivity (Wildman–Crippen MR) is 78.9 cm³/mol. The van der Waals surface area contributed by atoms with E-state index in [9.17, 15) is 0 Å². The van der Waals surface area contributed by atoms with Crippen molar-refractivity contribution in [3.8, 4) is 0 Å². The Hall–Kier alpha value is -1.53. The summed E-state index contributed by atoms with van der Waals surface area (Å²) in [5.41, 5.74) is 2.21. The van der Waals surface area contributed by atoms with Gasteiger partial charge in [-0.2, -0.15) is 0 Å². The topological polar surface area (TPSA) is 40.6 Å². The van der Waals surface area contributed by atoms with Crippen molar-refractivity contribution in [1.82, 2.24) is 4.98 Å². The molecule has 0 N–H and O–H groups in total. The Morgan fingerprint density at radius 3 is 2.15 bits per heavy atom. The standard InChI is InChI=1S/C15H19NO3Si/c1-17-20(18-2,13-15-6-4-3-5-7-15)19-12-14-8-10-16-11-9-14/h3-11H,12-13H2,1-2H3. The minimum atomic E-state index is -2.69. The van der Waals surface area contributed by atoms with Gasteiger partial charge in [0.1, 0.15) is 0 Å². The van der Waals surface area contributed by atoms with E-state index in [-0.39, 0.29) is 0 Å². The van der Waals surface area contributed by atoms with Crippen LogP contribution in [0.25, 0.3) is 0 Å². The monoisotopic (exact) mass is 289 g/mol. The van der Waals surface area contributed by atoms with Crippen molar-refractivity contribution in [3.05, 3.63) is 66.0 Å². The molecule has 5 heteroatoms. The van der Waals surface area contributed by atoms with E-state index in [1.54, 1.807) is 26.6 Å². The fourth-order valence-corrected chi connectivity index (χ4v) is 3.83. The number of rotatable bonds is 7. The maximum atomic E-state index is 5.98. The molecule has 2 aromatic rings. The van der Waals surface area contributed by atoms with Crippen LogP contribution in [0.3, 0.4) is 0 Å². The molecule has 1 aromatic carbocycles. The van der Waals surface area contributed by atoms with Crippen LogP contribution in [0.15, 0.2) is 54.9 Å². The first-order valence-electron chi connectivity index (χ1n) is 6.45. The normalized spacial score (nSPS) is 11.5. The molecular weight excluding hydrogens is 270 g/mol. The first-order chi connectivity index (χ1) is 9.78. The molecule has 0 radical (unpaired) electrons. The summed E-state index contributed by atoms with van der Waals surface area (Å²) in [4.78, 5) is 3.99. The zero-order chi connectivity index (χ0) is 14.3. The lowest BCUT2D eigenvalue weighted by molar-refractivity contribution is 0.0904. The molecule has 106 valence electrons. The summed E-state index contributed by atoms with van der Waals surface area (Å²) in [6.45, 7) is 0.462. The molecule has 0 fully saturated rings. The van der Waals surface area contributed by atoms with Crippen LogP contribution in [0.5, 0.6) is 0 Å². The molecule has 0 unspecified atom stereocenters. The number of hydrogen-bond donors (Lipinski definition) is 0. The van der Waals surface area contributed by atoms with Crippen molar-refractivity contribution in [1.29, 1.82) is 0 Å². The quantitative estimate of drug-likeness (QED) is 0.735. The molecule has 0 aliphatic carbocycles. The van der Waals surface area contributed by atoms with Crippen molar-refractivity contribution >= 4 is 8.80 Å². The van der Waals surface area contributed by atoms with Gasteiger partial charge in [0, 0.05) is 32.7 Å². The van der Waals surface area contributed by atoms with E-state index >= 15 is 0 Å². The minimum absolute atomic E-state index is 0.462. The molecule has 0 atom stereocenters. The number of pyridine rings is 1. The van der Waals surface area contributed by atoms with Crippen LogP contribution in [0.1, 0.15) is 11.1 Å². The van der Waals surface area contributed by atoms with E-state index in [1.807, 2.05) is 30.3 Å². The van der Waals surface area contributed by atoms with Crippen LogP contribution in [0.4, 0.5) is 0 Å². The molecule has 4 nitrogen and oxygen atoms in total. The van der Waals surface area contributed by atoms with Crippen LogP contribution < -0.4 is 0 Å². The van der Waals surface area contributed by atoms with Crippen LogP contribution in [0.2, 0.25) is 0 Å². The van der Waals surface area contributed by atoms with Crippen LogP contribution in [-0.2, 0) is 25.9 Å². The van der Waals surface area contributed by atoms with Crippen molar-refractivity contribution in [2.45, 2.75) is 12.7 Å². The molecule has 0 spiro atoms. The fourth-order valence-electron chi connectivity index (χ4n) is 1.91. The summed E-state index contributed by atoms with van der Waals surface area (Å²) in [6.07, 6.45) is 3.50. The summed E-state index contributed by atoms with van der Waals surface area (Å²) in [5, 5.41) is 0. The Labute approximate surface area is 120 Å². The third kappa shape index (κ3) is 3.98. The number of hydrogen-bond acceptors (Lipinski definition) is 4. The van der Waals surface area contributed by atoms with Crippen molar-refractivity contribution in [2.75, 3.05) is 14.2 Å². The van der Waals surface area contributed by atoms with Crippen molar-refractivity contribution in [3.63, 3.8) is 0 Å². The molecule has 0 aliphatic rings. The average Bonchev–Trinajstić information content (AvgIpc) is 2.53. The summed E-state index contributed by atoms with van der Waals surface area (Å²) in [5.74, 6) is 0. The first kappa shape index (κ1) is 14.9. The highest BCUT2D eigenvalue weighted by molar-refractivity contribution is 6.60. The van der Waals surface area contributed by atoms with Gasteiger partial charge >= 0.3 is 8.80 Å². The van der Waals surface area contributed by atoms with Crippen molar-refractivity contribution < 1.29 is 13.3 Å². The lowest BCUT2D eigenvalue weighted by atomic mass is 10.2. The average molecular weight is 289 g/mol. The first-order valence-corrected chi connectivity index (χ1v) is 8.38. The van der Waals surface area contributed by atoms with E-state index in [2.05, 4.69) is 17.1 Å². The Balaban J connectivity index is 2.05. The molecule has 2 rings (SSSR count). The van der Waals surface area contributed by atoms with Gasteiger partial charge in [-0.3, -0.25) is 4.98 Å². The predicted octanol–water partition coefficient (Wildman–Crippen LogP) is 2.61. The maximum Gasteiger partial charge on any atom is 0.505 e. The fraction of sp³-hybridized carbons (Fsp3) is 0.267. The van der Waals surface area contributed by atoms with Gasteiger partial charge < -0.3 is 13.3 Å². The third-order valence-electron chi connectivity index (χ3n) is 3.09. The molecule has 0 aliphatic heterocycles. The van der Waals surface area contributed by atoms with Crippen LogP contribution >= 0.6 is 0 Å². The zero-order valence-corrected chi connectivity index (χ0v) is 12.8. The third-order valence-corrected chi connectivity index (χ3v) is 5.76. The van der Waals surface area contributed by atoms with E-state index in [1.165, 1.54) is 0 Å². The second kappa shape index (κ2) is 7.30. The molecule has 0 saturated carbocycles. The molecule has 0 amide bonds. The second-order valence-corrected chi connectivity index (χ2v) is 7.22. The van der Waals surface area contributed by atoms with Crippen molar-refractivity contribution in [2.24, 2.45) is 0 Å². The molecule has 1 heterocycles. The number of nitrogens with zero attached hydrogens (tertiary/aromatic N) is 1. The smallest absolute Gasteiger partial charge is 0.377 e. The number of benzene rings is 1. The van der Waals surface area contributed by atoms with Crippen LogP contribution in [-0.4, -0.2) is 28.0 Å². The van der Waals surface area contributed by atoms with E-state index in [0.29, 0.717) is 12.7 Å². The number of aromatic nitrogens is 1. The van der Waals surface area contributed by atoms with Gasteiger partial charge in [0.25, 0.3) is 0 Å². The Morgan fingerprint density at radius 1 is 0.900 bits per heavy atom. The van der Waals surface area contributed by atoms with Crippen LogP contribution in [0, 0.1) is 0 Å². The molecule has 0 saturated heterocycles. The summed E-state index contributed by atoms with van der Waals surface area (Å²) >= 11 is 0. The van der Waals surface area contributed by atoms with E-state index < -0.39 is 8.80 Å². The Kier molecular flexibility index (Phi) is 5.43. The van der Waals surface area contributed by atoms with E-state index in [4.69, 9.17) is 13.3 Å². The largest absolute Gasteiger partial charge is 0.505 e. The molecule has 1 aromatic heterocycles. The minimum Gasteiger partial charge on any atom is -0.377 e.